The molecular formula is C16H22FNO2. The van der Waals surface area contributed by atoms with Crippen LogP contribution in [0.2, 0.25) is 0 Å². The molecule has 3 atom stereocenters. The van der Waals surface area contributed by atoms with Crippen LogP contribution in [-0.4, -0.2) is 30.4 Å². The number of anilines is 1. The van der Waals surface area contributed by atoms with E-state index in [1.54, 1.807) is 13.0 Å². The minimum Gasteiger partial charge on any atom is -0.389 e. The van der Waals surface area contributed by atoms with Crippen LogP contribution < -0.4 is 4.90 Å². The van der Waals surface area contributed by atoms with Crippen molar-refractivity contribution in [2.24, 2.45) is 0 Å². The minimum atomic E-state index is -0.661. The molecule has 110 valence electrons. The molecule has 1 aromatic carbocycles. The van der Waals surface area contributed by atoms with Crippen molar-refractivity contribution >= 4 is 5.69 Å². The molecule has 1 heterocycles. The van der Waals surface area contributed by atoms with Crippen LogP contribution in [0.4, 0.5) is 10.1 Å². The standard InChI is InChI=1S/C16H22FNO2/c1-11(19)13-10-12(17)6-7-14(13)18-8-9-20-16-5-3-2-4-15(16)18/h6-7,10-11,15-16,19H,2-5,8-9H2,1H3. The lowest BCUT2D eigenvalue weighted by Crippen LogP contribution is -2.53. The number of fused-ring (bicyclic) bond motifs is 1. The molecule has 0 radical (unpaired) electrons. The Morgan fingerprint density at radius 3 is 2.95 bits per heavy atom. The number of hydrogen-bond donors (Lipinski definition) is 1. The van der Waals surface area contributed by atoms with E-state index in [9.17, 15) is 9.50 Å². The van der Waals surface area contributed by atoms with Crippen molar-refractivity contribution in [3.63, 3.8) is 0 Å². The van der Waals surface area contributed by atoms with Crippen molar-refractivity contribution in [1.82, 2.24) is 0 Å². The second-order valence-corrected chi connectivity index (χ2v) is 5.83. The van der Waals surface area contributed by atoms with Crippen LogP contribution in [0.5, 0.6) is 0 Å². The molecule has 0 amide bonds. The SMILES string of the molecule is CC(O)c1cc(F)ccc1N1CCOC2CCCCC21. The van der Waals surface area contributed by atoms with Crippen LogP contribution in [-0.2, 0) is 4.74 Å². The lowest BCUT2D eigenvalue weighted by molar-refractivity contribution is -0.00888. The first-order chi connectivity index (χ1) is 9.66. The second-order valence-electron chi connectivity index (χ2n) is 5.83. The zero-order valence-electron chi connectivity index (χ0n) is 11.9. The number of ether oxygens (including phenoxy) is 1. The summed E-state index contributed by atoms with van der Waals surface area (Å²) < 4.78 is 19.3. The number of aliphatic hydroxyl groups is 1. The van der Waals surface area contributed by atoms with Crippen LogP contribution in [0.15, 0.2) is 18.2 Å². The van der Waals surface area contributed by atoms with Gasteiger partial charge < -0.3 is 14.7 Å². The van der Waals surface area contributed by atoms with Crippen molar-refractivity contribution < 1.29 is 14.2 Å². The van der Waals surface area contributed by atoms with Crippen molar-refractivity contribution in [3.8, 4) is 0 Å². The van der Waals surface area contributed by atoms with E-state index in [0.29, 0.717) is 18.2 Å². The van der Waals surface area contributed by atoms with Gasteiger partial charge in [-0.15, -0.1) is 0 Å². The first kappa shape index (κ1) is 13.8. The van der Waals surface area contributed by atoms with E-state index >= 15 is 0 Å². The monoisotopic (exact) mass is 279 g/mol. The Morgan fingerprint density at radius 2 is 2.15 bits per heavy atom. The van der Waals surface area contributed by atoms with Gasteiger partial charge in [-0.2, -0.15) is 0 Å². The summed E-state index contributed by atoms with van der Waals surface area (Å²) in [7, 11) is 0. The third-order valence-corrected chi connectivity index (χ3v) is 4.48. The molecule has 20 heavy (non-hydrogen) atoms. The summed E-state index contributed by atoms with van der Waals surface area (Å²) in [4.78, 5) is 2.31. The fourth-order valence-electron chi connectivity index (χ4n) is 3.52. The van der Waals surface area contributed by atoms with Crippen LogP contribution in [0.3, 0.4) is 0 Å². The number of hydrogen-bond acceptors (Lipinski definition) is 3. The van der Waals surface area contributed by atoms with Crippen LogP contribution >= 0.6 is 0 Å². The van der Waals surface area contributed by atoms with E-state index in [2.05, 4.69) is 4.90 Å². The van der Waals surface area contributed by atoms with E-state index in [-0.39, 0.29) is 11.9 Å². The zero-order chi connectivity index (χ0) is 14.1. The van der Waals surface area contributed by atoms with E-state index in [1.165, 1.54) is 25.0 Å². The molecule has 1 aliphatic heterocycles. The highest BCUT2D eigenvalue weighted by Crippen LogP contribution is 2.35. The van der Waals surface area contributed by atoms with E-state index in [4.69, 9.17) is 4.74 Å². The molecular weight excluding hydrogens is 257 g/mol. The largest absolute Gasteiger partial charge is 0.389 e. The fraction of sp³-hybridized carbons (Fsp3) is 0.625. The number of benzene rings is 1. The summed E-state index contributed by atoms with van der Waals surface area (Å²) in [5, 5.41) is 9.93. The van der Waals surface area contributed by atoms with Crippen molar-refractivity contribution in [2.45, 2.75) is 50.9 Å². The van der Waals surface area contributed by atoms with E-state index in [0.717, 1.165) is 25.1 Å². The van der Waals surface area contributed by atoms with Gasteiger partial charge in [0.05, 0.1) is 24.9 Å². The maximum atomic E-state index is 13.5. The molecule has 1 aliphatic carbocycles. The summed E-state index contributed by atoms with van der Waals surface area (Å²) in [6.45, 7) is 3.21. The predicted molar refractivity (Wildman–Crippen MR) is 76.4 cm³/mol. The van der Waals surface area contributed by atoms with Gasteiger partial charge in [0.1, 0.15) is 5.82 Å². The molecule has 1 saturated heterocycles. The Kier molecular flexibility index (Phi) is 3.94. The smallest absolute Gasteiger partial charge is 0.123 e. The Labute approximate surface area is 119 Å². The van der Waals surface area contributed by atoms with Crippen molar-refractivity contribution in [3.05, 3.63) is 29.6 Å². The number of halogens is 1. The molecule has 3 nitrogen and oxygen atoms in total. The highest BCUT2D eigenvalue weighted by molar-refractivity contribution is 5.56. The number of morpholine rings is 1. The van der Waals surface area contributed by atoms with Crippen molar-refractivity contribution in [2.75, 3.05) is 18.1 Å². The quantitative estimate of drug-likeness (QED) is 0.903. The minimum absolute atomic E-state index is 0.282. The van der Waals surface area contributed by atoms with Crippen LogP contribution in [0.1, 0.15) is 44.3 Å². The average Bonchev–Trinajstić information content (AvgIpc) is 2.46. The summed E-state index contributed by atoms with van der Waals surface area (Å²) in [6, 6.07) is 5.09. The molecule has 0 spiro atoms. The third-order valence-electron chi connectivity index (χ3n) is 4.48. The van der Waals surface area contributed by atoms with Gasteiger partial charge in [-0.25, -0.2) is 4.39 Å². The van der Waals surface area contributed by atoms with Gasteiger partial charge >= 0.3 is 0 Å². The van der Waals surface area contributed by atoms with Crippen LogP contribution in [0, 0.1) is 5.82 Å². The van der Waals surface area contributed by atoms with Gasteiger partial charge in [0.15, 0.2) is 0 Å². The highest BCUT2D eigenvalue weighted by Gasteiger charge is 2.35. The second kappa shape index (κ2) is 5.70. The fourth-order valence-corrected chi connectivity index (χ4v) is 3.52. The number of rotatable bonds is 2. The molecule has 1 aromatic rings. The zero-order valence-corrected chi connectivity index (χ0v) is 11.9. The summed E-state index contributed by atoms with van der Waals surface area (Å²) >= 11 is 0. The number of aliphatic hydroxyl groups excluding tert-OH is 1. The summed E-state index contributed by atoms with van der Waals surface area (Å²) in [5.41, 5.74) is 1.64. The molecule has 4 heteroatoms. The van der Waals surface area contributed by atoms with Gasteiger partial charge in [0, 0.05) is 17.8 Å². The maximum Gasteiger partial charge on any atom is 0.123 e. The van der Waals surface area contributed by atoms with Gasteiger partial charge in [-0.05, 0) is 38.0 Å². The Hall–Kier alpha value is -1.13. The molecule has 0 bridgehead atoms. The maximum absolute atomic E-state index is 13.5. The van der Waals surface area contributed by atoms with E-state index < -0.39 is 6.10 Å². The molecule has 3 unspecified atom stereocenters. The van der Waals surface area contributed by atoms with Gasteiger partial charge in [-0.3, -0.25) is 0 Å². The number of nitrogens with zero attached hydrogens (tertiary/aromatic N) is 1. The first-order valence-corrected chi connectivity index (χ1v) is 7.52. The predicted octanol–water partition coefficient (Wildman–Crippen LogP) is 3.03. The molecule has 1 N–H and O–H groups in total. The molecule has 3 rings (SSSR count). The third kappa shape index (κ3) is 2.54. The van der Waals surface area contributed by atoms with E-state index in [1.807, 2.05) is 0 Å². The average molecular weight is 279 g/mol. The topological polar surface area (TPSA) is 32.7 Å². The Balaban J connectivity index is 1.94. The van der Waals surface area contributed by atoms with Gasteiger partial charge in [0.25, 0.3) is 0 Å². The molecule has 2 fully saturated rings. The normalized spacial score (nSPS) is 28.1. The molecule has 2 aliphatic rings. The van der Waals surface area contributed by atoms with Crippen molar-refractivity contribution in [1.29, 1.82) is 0 Å². The molecule has 1 saturated carbocycles. The van der Waals surface area contributed by atoms with Gasteiger partial charge in [-0.1, -0.05) is 12.8 Å². The first-order valence-electron chi connectivity index (χ1n) is 7.52. The Bertz CT molecular complexity index is 476. The molecule has 0 aromatic heterocycles. The van der Waals surface area contributed by atoms with Crippen LogP contribution in [0.25, 0.3) is 0 Å². The highest BCUT2D eigenvalue weighted by atomic mass is 19.1. The van der Waals surface area contributed by atoms with Gasteiger partial charge in [0.2, 0.25) is 0 Å². The lowest BCUT2D eigenvalue weighted by Gasteiger charge is -2.45. The Morgan fingerprint density at radius 1 is 1.35 bits per heavy atom. The lowest BCUT2D eigenvalue weighted by atomic mass is 9.89. The summed E-state index contributed by atoms with van der Waals surface area (Å²) in [5.74, 6) is -0.293. The summed E-state index contributed by atoms with van der Waals surface area (Å²) in [6.07, 6.45) is 4.27.